The van der Waals surface area contributed by atoms with Crippen molar-refractivity contribution in [3.8, 4) is 0 Å². The predicted octanol–water partition coefficient (Wildman–Crippen LogP) is 2.54. The van der Waals surface area contributed by atoms with Gasteiger partial charge in [0.2, 0.25) is 0 Å². The van der Waals surface area contributed by atoms with Crippen molar-refractivity contribution < 1.29 is 0 Å². The predicted molar refractivity (Wildman–Crippen MR) is 40.7 cm³/mol. The van der Waals surface area contributed by atoms with Crippen LogP contribution in [-0.4, -0.2) is 5.71 Å². The van der Waals surface area contributed by atoms with E-state index >= 15 is 0 Å². The summed E-state index contributed by atoms with van der Waals surface area (Å²) < 4.78 is 0. The number of hydrogen-bond acceptors (Lipinski definition) is 1. The molecule has 0 spiro atoms. The van der Waals surface area contributed by atoms with Crippen LogP contribution in [0.5, 0.6) is 0 Å². The second-order valence-corrected chi connectivity index (χ2v) is 2.43. The second-order valence-electron chi connectivity index (χ2n) is 2.43. The maximum Gasteiger partial charge on any atom is 0.0360 e. The van der Waals surface area contributed by atoms with Gasteiger partial charge in [-0.25, -0.2) is 0 Å². The number of nitrogens with zero attached hydrogens (tertiary/aromatic N) is 1. The van der Waals surface area contributed by atoms with E-state index in [2.05, 4.69) is 24.9 Å². The SMILES string of the molecule is CCC1=CCCC(C)=N1. The molecule has 1 rings (SSSR count). The lowest BCUT2D eigenvalue weighted by atomic mass is 10.1. The van der Waals surface area contributed by atoms with Crippen molar-refractivity contribution in [3.63, 3.8) is 0 Å². The van der Waals surface area contributed by atoms with E-state index in [1.54, 1.807) is 0 Å². The van der Waals surface area contributed by atoms with E-state index < -0.39 is 0 Å². The molecular formula is C8H13N. The molecule has 1 heterocycles. The summed E-state index contributed by atoms with van der Waals surface area (Å²) in [5.41, 5.74) is 2.55. The fraction of sp³-hybridized carbons (Fsp3) is 0.625. The van der Waals surface area contributed by atoms with Gasteiger partial charge < -0.3 is 0 Å². The Morgan fingerprint density at radius 3 is 2.89 bits per heavy atom. The lowest BCUT2D eigenvalue weighted by Gasteiger charge is -2.06. The van der Waals surface area contributed by atoms with Gasteiger partial charge in [0.05, 0.1) is 0 Å². The Balaban J connectivity index is 2.63. The molecule has 50 valence electrons. The molecule has 0 amide bonds. The minimum atomic E-state index is 1.08. The quantitative estimate of drug-likeness (QED) is 0.508. The van der Waals surface area contributed by atoms with E-state index in [4.69, 9.17) is 0 Å². The molecule has 0 bridgehead atoms. The van der Waals surface area contributed by atoms with Gasteiger partial charge in [0.15, 0.2) is 0 Å². The first kappa shape index (κ1) is 6.53. The molecule has 0 fully saturated rings. The fourth-order valence-electron chi connectivity index (χ4n) is 1.02. The molecule has 0 unspecified atom stereocenters. The van der Waals surface area contributed by atoms with Gasteiger partial charge in [0, 0.05) is 11.4 Å². The van der Waals surface area contributed by atoms with E-state index in [9.17, 15) is 0 Å². The van der Waals surface area contributed by atoms with Crippen molar-refractivity contribution in [1.82, 2.24) is 0 Å². The smallest absolute Gasteiger partial charge is 0.0360 e. The largest absolute Gasteiger partial charge is 0.263 e. The van der Waals surface area contributed by atoms with Gasteiger partial charge in [0.1, 0.15) is 0 Å². The van der Waals surface area contributed by atoms with Crippen molar-refractivity contribution >= 4 is 5.71 Å². The third-order valence-electron chi connectivity index (χ3n) is 1.58. The number of hydrogen-bond donors (Lipinski definition) is 0. The van der Waals surface area contributed by atoms with E-state index in [0.29, 0.717) is 0 Å². The van der Waals surface area contributed by atoms with Crippen molar-refractivity contribution in [2.45, 2.75) is 33.1 Å². The summed E-state index contributed by atoms with van der Waals surface area (Å²) in [7, 11) is 0. The first-order valence-electron chi connectivity index (χ1n) is 3.56. The van der Waals surface area contributed by atoms with Gasteiger partial charge in [-0.2, -0.15) is 0 Å². The maximum absolute atomic E-state index is 4.38. The Hall–Kier alpha value is -0.590. The van der Waals surface area contributed by atoms with Crippen LogP contribution in [0.15, 0.2) is 16.8 Å². The number of aliphatic imine (C=N–C) groups is 1. The summed E-state index contributed by atoms with van der Waals surface area (Å²) >= 11 is 0. The molecule has 0 saturated heterocycles. The summed E-state index contributed by atoms with van der Waals surface area (Å²) in [5.74, 6) is 0. The third kappa shape index (κ3) is 1.67. The molecule has 0 aromatic heterocycles. The molecule has 0 aromatic carbocycles. The average molecular weight is 123 g/mol. The summed E-state index contributed by atoms with van der Waals surface area (Å²) in [6.07, 6.45) is 5.66. The van der Waals surface area contributed by atoms with Crippen molar-refractivity contribution in [3.05, 3.63) is 11.8 Å². The lowest BCUT2D eigenvalue weighted by Crippen LogP contribution is -1.96. The molecule has 9 heavy (non-hydrogen) atoms. The van der Waals surface area contributed by atoms with Crippen LogP contribution in [0.25, 0.3) is 0 Å². The highest BCUT2D eigenvalue weighted by Gasteiger charge is 1.99. The molecule has 1 aliphatic rings. The molecule has 0 aliphatic carbocycles. The maximum atomic E-state index is 4.38. The highest BCUT2D eigenvalue weighted by Crippen LogP contribution is 2.12. The standard InChI is InChI=1S/C8H13N/c1-3-8-6-4-5-7(2)9-8/h6H,3-5H2,1-2H3. The van der Waals surface area contributed by atoms with Gasteiger partial charge in [-0.1, -0.05) is 13.0 Å². The van der Waals surface area contributed by atoms with E-state index in [1.807, 2.05) is 0 Å². The molecule has 1 heteroatoms. The van der Waals surface area contributed by atoms with E-state index in [0.717, 1.165) is 12.8 Å². The van der Waals surface area contributed by atoms with E-state index in [-0.39, 0.29) is 0 Å². The second kappa shape index (κ2) is 2.81. The Morgan fingerprint density at radius 2 is 2.44 bits per heavy atom. The van der Waals surface area contributed by atoms with Crippen LogP contribution in [0.4, 0.5) is 0 Å². The highest BCUT2D eigenvalue weighted by molar-refractivity contribution is 5.83. The number of rotatable bonds is 1. The average Bonchev–Trinajstić information content (AvgIpc) is 1.88. The Bertz CT molecular complexity index is 154. The van der Waals surface area contributed by atoms with Gasteiger partial charge in [-0.15, -0.1) is 0 Å². The molecule has 0 radical (unpaired) electrons. The topological polar surface area (TPSA) is 12.4 Å². The third-order valence-corrected chi connectivity index (χ3v) is 1.58. The van der Waals surface area contributed by atoms with Gasteiger partial charge in [-0.3, -0.25) is 4.99 Å². The fourth-order valence-corrected chi connectivity index (χ4v) is 1.02. The summed E-state index contributed by atoms with van der Waals surface area (Å²) in [5, 5.41) is 0. The van der Waals surface area contributed by atoms with Crippen LogP contribution in [-0.2, 0) is 0 Å². The summed E-state index contributed by atoms with van der Waals surface area (Å²) in [4.78, 5) is 4.38. The van der Waals surface area contributed by atoms with E-state index in [1.165, 1.54) is 17.8 Å². The van der Waals surface area contributed by atoms with Crippen LogP contribution in [0.1, 0.15) is 33.1 Å². The molecule has 0 saturated carbocycles. The molecule has 1 aliphatic heterocycles. The zero-order valence-electron chi connectivity index (χ0n) is 6.15. The number of allylic oxidation sites excluding steroid dienone is 2. The Labute approximate surface area is 56.5 Å². The first-order chi connectivity index (χ1) is 4.33. The van der Waals surface area contributed by atoms with Gasteiger partial charge >= 0.3 is 0 Å². The summed E-state index contributed by atoms with van der Waals surface area (Å²) in [6, 6.07) is 0. The molecule has 1 nitrogen and oxygen atoms in total. The van der Waals surface area contributed by atoms with Gasteiger partial charge in [0.25, 0.3) is 0 Å². The van der Waals surface area contributed by atoms with Gasteiger partial charge in [-0.05, 0) is 26.2 Å². The minimum absolute atomic E-state index is 1.08. The zero-order valence-corrected chi connectivity index (χ0v) is 6.15. The van der Waals surface area contributed by atoms with Crippen molar-refractivity contribution in [2.75, 3.05) is 0 Å². The van der Waals surface area contributed by atoms with Crippen LogP contribution in [0, 0.1) is 0 Å². The molecule has 0 aromatic rings. The molecule has 0 atom stereocenters. The molecular weight excluding hydrogens is 110 g/mol. The van der Waals surface area contributed by atoms with Crippen molar-refractivity contribution in [2.24, 2.45) is 4.99 Å². The lowest BCUT2D eigenvalue weighted by molar-refractivity contribution is 0.956. The Kier molecular flexibility index (Phi) is 2.04. The monoisotopic (exact) mass is 123 g/mol. The highest BCUT2D eigenvalue weighted by atomic mass is 14.8. The zero-order chi connectivity index (χ0) is 6.69. The summed E-state index contributed by atoms with van der Waals surface area (Å²) in [6.45, 7) is 4.25. The minimum Gasteiger partial charge on any atom is -0.263 e. The Morgan fingerprint density at radius 1 is 1.67 bits per heavy atom. The van der Waals surface area contributed by atoms with Crippen LogP contribution >= 0.6 is 0 Å². The van der Waals surface area contributed by atoms with Crippen molar-refractivity contribution in [1.29, 1.82) is 0 Å². The van der Waals surface area contributed by atoms with Crippen LogP contribution < -0.4 is 0 Å². The van der Waals surface area contributed by atoms with Crippen LogP contribution in [0.3, 0.4) is 0 Å². The van der Waals surface area contributed by atoms with Crippen LogP contribution in [0.2, 0.25) is 0 Å². The normalized spacial score (nSPS) is 18.9. The molecule has 0 N–H and O–H groups in total. The first-order valence-corrected chi connectivity index (χ1v) is 3.56.